The Morgan fingerprint density at radius 3 is 2.59 bits per heavy atom. The third-order valence-electron chi connectivity index (χ3n) is 1.98. The molecule has 0 unspecified atom stereocenters. The van der Waals surface area contributed by atoms with E-state index < -0.39 is 6.04 Å². The van der Waals surface area contributed by atoms with Crippen LogP contribution in [0.15, 0.2) is 23.1 Å². The number of anilines is 1. The van der Waals surface area contributed by atoms with Crippen molar-refractivity contribution in [3.63, 3.8) is 0 Å². The van der Waals surface area contributed by atoms with E-state index in [1.165, 1.54) is 0 Å². The molecule has 0 aliphatic heterocycles. The molecule has 17 heavy (non-hydrogen) atoms. The number of nitrogens with one attached hydrogen (secondary N) is 1. The third kappa shape index (κ3) is 4.58. The first-order valence-electron chi connectivity index (χ1n) is 5.43. The predicted octanol–water partition coefficient (Wildman–Crippen LogP) is 3.13. The van der Waals surface area contributed by atoms with Crippen molar-refractivity contribution in [2.45, 2.75) is 37.0 Å². The molecule has 0 spiro atoms. The minimum absolute atomic E-state index is 0.210. The summed E-state index contributed by atoms with van der Waals surface area (Å²) in [6.07, 6.45) is 0. The zero-order valence-electron chi connectivity index (χ0n) is 10.2. The molecule has 0 saturated heterocycles. The van der Waals surface area contributed by atoms with Crippen molar-refractivity contribution in [2.75, 3.05) is 5.32 Å². The summed E-state index contributed by atoms with van der Waals surface area (Å²) >= 11 is 7.60. The number of rotatable bonds is 4. The Kier molecular flexibility index (Phi) is 5.31. The van der Waals surface area contributed by atoms with Gasteiger partial charge in [0.2, 0.25) is 5.91 Å². The average Bonchev–Trinajstić information content (AvgIpc) is 2.21. The smallest absolute Gasteiger partial charge is 0.241 e. The van der Waals surface area contributed by atoms with Gasteiger partial charge in [0.15, 0.2) is 0 Å². The lowest BCUT2D eigenvalue weighted by Gasteiger charge is -2.14. The van der Waals surface area contributed by atoms with Crippen LogP contribution in [0.25, 0.3) is 0 Å². The highest BCUT2D eigenvalue weighted by Crippen LogP contribution is 2.32. The molecule has 3 N–H and O–H groups in total. The van der Waals surface area contributed by atoms with E-state index in [0.29, 0.717) is 10.3 Å². The Bertz CT molecular complexity index is 407. The van der Waals surface area contributed by atoms with Crippen LogP contribution in [0, 0.1) is 0 Å². The maximum atomic E-state index is 11.6. The first-order chi connectivity index (χ1) is 7.90. The van der Waals surface area contributed by atoms with Crippen LogP contribution in [0.4, 0.5) is 5.69 Å². The standard InChI is InChI=1S/C12H17ClN2OS/c1-7(2)17-11-5-4-9(13)6-10(11)15-12(16)8(3)14/h4-8H,14H2,1-3H3,(H,15,16)/t8-/m0/s1. The molecule has 5 heteroatoms. The second-order valence-electron chi connectivity index (χ2n) is 4.09. The summed E-state index contributed by atoms with van der Waals surface area (Å²) in [4.78, 5) is 12.6. The number of halogens is 1. The summed E-state index contributed by atoms with van der Waals surface area (Å²) in [5.74, 6) is -0.210. The molecular formula is C12H17ClN2OS. The Hall–Kier alpha value is -0.710. The van der Waals surface area contributed by atoms with Crippen molar-refractivity contribution in [2.24, 2.45) is 5.73 Å². The molecule has 1 aromatic rings. The van der Waals surface area contributed by atoms with Gasteiger partial charge in [0.25, 0.3) is 0 Å². The van der Waals surface area contributed by atoms with Gasteiger partial charge in [-0.3, -0.25) is 4.79 Å². The average molecular weight is 273 g/mol. The van der Waals surface area contributed by atoms with E-state index >= 15 is 0 Å². The molecule has 94 valence electrons. The molecule has 0 bridgehead atoms. The van der Waals surface area contributed by atoms with Crippen LogP contribution in [0.5, 0.6) is 0 Å². The van der Waals surface area contributed by atoms with Crippen LogP contribution in [-0.4, -0.2) is 17.2 Å². The normalized spacial score (nSPS) is 12.6. The van der Waals surface area contributed by atoms with Crippen LogP contribution in [-0.2, 0) is 4.79 Å². The van der Waals surface area contributed by atoms with Gasteiger partial charge in [-0.2, -0.15) is 0 Å². The van der Waals surface area contributed by atoms with Crippen LogP contribution in [0.2, 0.25) is 5.02 Å². The van der Waals surface area contributed by atoms with Crippen LogP contribution >= 0.6 is 23.4 Å². The van der Waals surface area contributed by atoms with Crippen molar-refractivity contribution in [3.8, 4) is 0 Å². The third-order valence-corrected chi connectivity index (χ3v) is 3.29. The second-order valence-corrected chi connectivity index (χ2v) is 6.14. The van der Waals surface area contributed by atoms with Gasteiger partial charge in [0, 0.05) is 15.2 Å². The first-order valence-corrected chi connectivity index (χ1v) is 6.68. The van der Waals surface area contributed by atoms with Gasteiger partial charge in [0.05, 0.1) is 11.7 Å². The maximum Gasteiger partial charge on any atom is 0.241 e. The van der Waals surface area contributed by atoms with E-state index in [0.717, 1.165) is 10.6 Å². The van der Waals surface area contributed by atoms with Gasteiger partial charge in [-0.25, -0.2) is 0 Å². The Morgan fingerprint density at radius 2 is 2.06 bits per heavy atom. The summed E-state index contributed by atoms with van der Waals surface area (Å²) in [6.45, 7) is 5.84. The van der Waals surface area contributed by atoms with Gasteiger partial charge in [-0.15, -0.1) is 11.8 Å². The van der Waals surface area contributed by atoms with Gasteiger partial charge < -0.3 is 11.1 Å². The van der Waals surface area contributed by atoms with Gasteiger partial charge >= 0.3 is 0 Å². The number of nitrogens with two attached hydrogens (primary N) is 1. The number of carbonyl (C=O) groups is 1. The largest absolute Gasteiger partial charge is 0.324 e. The minimum Gasteiger partial charge on any atom is -0.324 e. The summed E-state index contributed by atoms with van der Waals surface area (Å²) in [7, 11) is 0. The number of hydrogen-bond acceptors (Lipinski definition) is 3. The predicted molar refractivity (Wildman–Crippen MR) is 74.7 cm³/mol. The van der Waals surface area contributed by atoms with E-state index in [1.807, 2.05) is 12.1 Å². The lowest BCUT2D eigenvalue weighted by molar-refractivity contribution is -0.117. The van der Waals surface area contributed by atoms with Gasteiger partial charge in [-0.05, 0) is 25.1 Å². The van der Waals surface area contributed by atoms with Gasteiger partial charge in [0.1, 0.15) is 0 Å². The highest BCUT2D eigenvalue weighted by Gasteiger charge is 2.12. The van der Waals surface area contributed by atoms with E-state index in [4.69, 9.17) is 17.3 Å². The van der Waals surface area contributed by atoms with E-state index in [2.05, 4.69) is 19.2 Å². The van der Waals surface area contributed by atoms with Crippen molar-refractivity contribution in [1.82, 2.24) is 0 Å². The molecule has 0 saturated carbocycles. The van der Waals surface area contributed by atoms with E-state index in [1.54, 1.807) is 24.8 Å². The molecule has 0 aliphatic carbocycles. The summed E-state index contributed by atoms with van der Waals surface area (Å²) in [5.41, 5.74) is 6.24. The lowest BCUT2D eigenvalue weighted by atomic mass is 10.3. The van der Waals surface area contributed by atoms with Crippen molar-refractivity contribution >= 4 is 35.0 Å². The monoisotopic (exact) mass is 272 g/mol. The molecule has 1 atom stereocenters. The van der Waals surface area contributed by atoms with E-state index in [-0.39, 0.29) is 5.91 Å². The number of benzene rings is 1. The Labute approximate surface area is 111 Å². The molecule has 0 fully saturated rings. The highest BCUT2D eigenvalue weighted by molar-refractivity contribution is 8.00. The van der Waals surface area contributed by atoms with Crippen LogP contribution < -0.4 is 11.1 Å². The van der Waals surface area contributed by atoms with Crippen molar-refractivity contribution in [1.29, 1.82) is 0 Å². The number of thioether (sulfide) groups is 1. The minimum atomic E-state index is -0.536. The molecule has 3 nitrogen and oxygen atoms in total. The highest BCUT2D eigenvalue weighted by atomic mass is 35.5. The van der Waals surface area contributed by atoms with E-state index in [9.17, 15) is 4.79 Å². The SMILES string of the molecule is CC(C)Sc1ccc(Cl)cc1NC(=O)[C@H](C)N. The molecule has 0 aromatic heterocycles. The lowest BCUT2D eigenvalue weighted by Crippen LogP contribution is -2.32. The molecule has 1 amide bonds. The number of amides is 1. The molecule has 1 aromatic carbocycles. The molecular weight excluding hydrogens is 256 g/mol. The zero-order chi connectivity index (χ0) is 13.0. The van der Waals surface area contributed by atoms with Gasteiger partial charge in [-0.1, -0.05) is 25.4 Å². The number of hydrogen-bond donors (Lipinski definition) is 2. The first kappa shape index (κ1) is 14.4. The maximum absolute atomic E-state index is 11.6. The summed E-state index contributed by atoms with van der Waals surface area (Å²) in [6, 6.07) is 4.93. The van der Waals surface area contributed by atoms with Crippen molar-refractivity contribution < 1.29 is 4.79 Å². The summed E-state index contributed by atoms with van der Waals surface area (Å²) in [5, 5.41) is 3.81. The van der Waals surface area contributed by atoms with Crippen molar-refractivity contribution in [3.05, 3.63) is 23.2 Å². The fourth-order valence-corrected chi connectivity index (χ4v) is 2.27. The zero-order valence-corrected chi connectivity index (χ0v) is 11.7. The van der Waals surface area contributed by atoms with Crippen LogP contribution in [0.3, 0.4) is 0 Å². The number of carbonyl (C=O) groups excluding carboxylic acids is 1. The molecule has 0 heterocycles. The Morgan fingerprint density at radius 1 is 1.41 bits per heavy atom. The fraction of sp³-hybridized carbons (Fsp3) is 0.417. The molecule has 0 radical (unpaired) electrons. The Balaban J connectivity index is 2.94. The second kappa shape index (κ2) is 6.28. The summed E-state index contributed by atoms with van der Waals surface area (Å²) < 4.78 is 0. The fourth-order valence-electron chi connectivity index (χ4n) is 1.20. The quantitative estimate of drug-likeness (QED) is 0.828. The van der Waals surface area contributed by atoms with Crippen LogP contribution in [0.1, 0.15) is 20.8 Å². The molecule has 0 aliphatic rings. The molecule has 1 rings (SSSR count). The topological polar surface area (TPSA) is 55.1 Å².